The van der Waals surface area contributed by atoms with Crippen LogP contribution >= 0.6 is 27.3 Å². The van der Waals surface area contributed by atoms with Crippen molar-refractivity contribution in [2.24, 2.45) is 5.41 Å². The molecule has 0 saturated carbocycles. The summed E-state index contributed by atoms with van der Waals surface area (Å²) < 4.78 is 6.24. The molecule has 2 aliphatic rings. The first-order chi connectivity index (χ1) is 11.7. The Kier molecular flexibility index (Phi) is 4.95. The summed E-state index contributed by atoms with van der Waals surface area (Å²) in [7, 11) is 0. The van der Waals surface area contributed by atoms with Crippen LogP contribution in [-0.4, -0.2) is 18.4 Å². The van der Waals surface area contributed by atoms with Gasteiger partial charge in [0.25, 0.3) is 0 Å². The van der Waals surface area contributed by atoms with Gasteiger partial charge < -0.3 is 10.1 Å². The minimum atomic E-state index is -0.355. The zero-order valence-corrected chi connectivity index (χ0v) is 17.3. The van der Waals surface area contributed by atoms with E-state index in [4.69, 9.17) is 4.74 Å². The number of carbonyl (C=O) groups excluding carboxylic acids is 2. The minimum absolute atomic E-state index is 0.0782. The minimum Gasteiger partial charge on any atom is -0.463 e. The van der Waals surface area contributed by atoms with Gasteiger partial charge in [-0.25, -0.2) is 4.79 Å². The lowest BCUT2D eigenvalue weighted by atomic mass is 9.70. The van der Waals surface area contributed by atoms with E-state index in [-0.39, 0.29) is 23.1 Å². The number of allylic oxidation sites excluding steroid dienone is 3. The summed E-state index contributed by atoms with van der Waals surface area (Å²) in [5, 5.41) is 5.31. The summed E-state index contributed by atoms with van der Waals surface area (Å²) in [6.45, 7) is 8.20. The van der Waals surface area contributed by atoms with Gasteiger partial charge in [-0.1, -0.05) is 13.8 Å². The fourth-order valence-corrected chi connectivity index (χ4v) is 5.24. The molecule has 1 N–H and O–H groups in total. The van der Waals surface area contributed by atoms with E-state index in [1.54, 1.807) is 18.3 Å². The maximum absolute atomic E-state index is 13.0. The van der Waals surface area contributed by atoms with Crippen LogP contribution in [0.4, 0.5) is 0 Å². The lowest BCUT2D eigenvalue weighted by Crippen LogP contribution is -2.38. The third kappa shape index (κ3) is 3.47. The van der Waals surface area contributed by atoms with Gasteiger partial charge in [-0.2, -0.15) is 0 Å². The topological polar surface area (TPSA) is 55.4 Å². The molecule has 3 rings (SSSR count). The number of esters is 1. The number of halogens is 1. The van der Waals surface area contributed by atoms with Gasteiger partial charge in [-0.15, -0.1) is 11.3 Å². The zero-order chi connectivity index (χ0) is 18.4. The van der Waals surface area contributed by atoms with E-state index in [1.165, 1.54) is 0 Å². The molecule has 6 heteroatoms. The molecule has 1 atom stereocenters. The highest BCUT2D eigenvalue weighted by atomic mass is 79.9. The summed E-state index contributed by atoms with van der Waals surface area (Å²) >= 11 is 5.04. The van der Waals surface area contributed by atoms with E-state index in [2.05, 4.69) is 35.1 Å². The summed E-state index contributed by atoms with van der Waals surface area (Å²) in [6.07, 6.45) is 1.29. The molecule has 0 amide bonds. The van der Waals surface area contributed by atoms with Crippen molar-refractivity contribution in [2.45, 2.75) is 46.5 Å². The van der Waals surface area contributed by atoms with Crippen LogP contribution < -0.4 is 5.32 Å². The van der Waals surface area contributed by atoms with E-state index < -0.39 is 0 Å². The summed E-state index contributed by atoms with van der Waals surface area (Å²) in [5.41, 5.74) is 2.91. The van der Waals surface area contributed by atoms with E-state index in [1.807, 2.05) is 18.4 Å². The number of ketones is 1. The maximum Gasteiger partial charge on any atom is 0.336 e. The van der Waals surface area contributed by atoms with Gasteiger partial charge in [-0.3, -0.25) is 4.79 Å². The number of nitrogens with one attached hydrogen (secondary N) is 1. The number of thiophene rings is 1. The first-order valence-electron chi connectivity index (χ1n) is 8.38. The van der Waals surface area contributed by atoms with Crippen molar-refractivity contribution in [3.63, 3.8) is 0 Å². The number of ether oxygens (including phenoxy) is 1. The molecule has 0 saturated heterocycles. The molecule has 4 nitrogen and oxygen atoms in total. The van der Waals surface area contributed by atoms with Crippen LogP contribution in [0.15, 0.2) is 38.5 Å². The molecule has 0 aromatic carbocycles. The number of Topliss-reactive ketones (excluding diaryl/α,β-unsaturated/α-hetero) is 1. The van der Waals surface area contributed by atoms with Crippen molar-refractivity contribution in [1.82, 2.24) is 5.32 Å². The molecule has 0 fully saturated rings. The van der Waals surface area contributed by atoms with E-state index in [9.17, 15) is 9.59 Å². The third-order valence-electron chi connectivity index (χ3n) is 4.61. The molecule has 134 valence electrons. The van der Waals surface area contributed by atoms with Gasteiger partial charge >= 0.3 is 5.97 Å². The Morgan fingerprint density at radius 3 is 2.76 bits per heavy atom. The molecule has 0 spiro atoms. The van der Waals surface area contributed by atoms with Gasteiger partial charge in [0.15, 0.2) is 5.78 Å². The smallest absolute Gasteiger partial charge is 0.336 e. The molecule has 0 unspecified atom stereocenters. The number of carbonyl (C=O) groups is 2. The van der Waals surface area contributed by atoms with Gasteiger partial charge in [0, 0.05) is 38.1 Å². The second kappa shape index (κ2) is 6.72. The van der Waals surface area contributed by atoms with Gasteiger partial charge in [0.1, 0.15) is 0 Å². The van der Waals surface area contributed by atoms with E-state index in [0.717, 1.165) is 32.7 Å². The Labute approximate surface area is 160 Å². The Morgan fingerprint density at radius 2 is 2.16 bits per heavy atom. The Morgan fingerprint density at radius 1 is 1.44 bits per heavy atom. The zero-order valence-electron chi connectivity index (χ0n) is 14.9. The molecule has 1 aromatic heterocycles. The number of hydrogen-bond donors (Lipinski definition) is 1. The van der Waals surface area contributed by atoms with Crippen LogP contribution in [0.3, 0.4) is 0 Å². The molecule has 1 aliphatic carbocycles. The maximum atomic E-state index is 13.0. The van der Waals surface area contributed by atoms with E-state index in [0.29, 0.717) is 18.6 Å². The lowest BCUT2D eigenvalue weighted by Gasteiger charge is -2.39. The highest BCUT2D eigenvalue weighted by molar-refractivity contribution is 9.10. The molecule has 1 aliphatic heterocycles. The number of hydrogen-bond acceptors (Lipinski definition) is 5. The molecule has 2 heterocycles. The molecular formula is C19H22BrNO3S. The standard InChI is InChI=1S/C19H22BrNO3S/c1-5-24-18(23)15-10(2)21-12-7-19(3,4)8-13(22)16(12)17(15)14-6-11(20)9-25-14/h6,9,17,21H,5,7-8H2,1-4H3/t17-/m1/s1. The van der Waals surface area contributed by atoms with Crippen LogP contribution in [0, 0.1) is 5.41 Å². The molecule has 0 radical (unpaired) electrons. The summed E-state index contributed by atoms with van der Waals surface area (Å²) in [4.78, 5) is 26.6. The fourth-order valence-electron chi connectivity index (χ4n) is 3.68. The van der Waals surface area contributed by atoms with Crippen LogP contribution in [0.25, 0.3) is 0 Å². The largest absolute Gasteiger partial charge is 0.463 e. The molecule has 25 heavy (non-hydrogen) atoms. The van der Waals surface area contributed by atoms with Crippen LogP contribution in [0.5, 0.6) is 0 Å². The van der Waals surface area contributed by atoms with Gasteiger partial charge in [-0.05, 0) is 47.7 Å². The van der Waals surface area contributed by atoms with Gasteiger partial charge in [0.05, 0.1) is 18.1 Å². The normalized spacial score (nSPS) is 22.6. The SMILES string of the molecule is CCOC(=O)C1=C(C)NC2=C(C(=O)CC(C)(C)C2)[C@@H]1c1cc(Br)cs1. The number of rotatable bonds is 3. The first-order valence-corrected chi connectivity index (χ1v) is 10.1. The van der Waals surface area contributed by atoms with Crippen molar-refractivity contribution in [2.75, 3.05) is 6.61 Å². The van der Waals surface area contributed by atoms with Crippen molar-refractivity contribution in [3.05, 3.63) is 43.3 Å². The highest BCUT2D eigenvalue weighted by Crippen LogP contribution is 2.48. The Balaban J connectivity index is 2.15. The lowest BCUT2D eigenvalue weighted by molar-refractivity contribution is -0.138. The average molecular weight is 424 g/mol. The van der Waals surface area contributed by atoms with Crippen molar-refractivity contribution in [3.8, 4) is 0 Å². The first kappa shape index (κ1) is 18.4. The monoisotopic (exact) mass is 423 g/mol. The Bertz CT molecular complexity index is 803. The predicted molar refractivity (Wildman–Crippen MR) is 102 cm³/mol. The van der Waals surface area contributed by atoms with Crippen LogP contribution in [0.1, 0.15) is 51.3 Å². The fraction of sp³-hybridized carbons (Fsp3) is 0.474. The van der Waals surface area contributed by atoms with Gasteiger partial charge in [0.2, 0.25) is 0 Å². The molecular weight excluding hydrogens is 402 g/mol. The number of dihydropyridines is 1. The van der Waals surface area contributed by atoms with Crippen molar-refractivity contribution in [1.29, 1.82) is 0 Å². The Hall–Kier alpha value is -1.40. The quantitative estimate of drug-likeness (QED) is 0.717. The second-order valence-electron chi connectivity index (χ2n) is 7.32. The summed E-state index contributed by atoms with van der Waals surface area (Å²) in [6, 6.07) is 1.99. The average Bonchev–Trinajstić information content (AvgIpc) is 2.90. The van der Waals surface area contributed by atoms with E-state index >= 15 is 0 Å². The van der Waals surface area contributed by atoms with Crippen LogP contribution in [-0.2, 0) is 14.3 Å². The molecule has 0 bridgehead atoms. The summed E-state index contributed by atoms with van der Waals surface area (Å²) in [5.74, 6) is -0.594. The second-order valence-corrected chi connectivity index (χ2v) is 9.18. The van der Waals surface area contributed by atoms with Crippen molar-refractivity contribution < 1.29 is 14.3 Å². The predicted octanol–water partition coefficient (Wildman–Crippen LogP) is 4.68. The third-order valence-corrected chi connectivity index (χ3v) is 6.37. The van der Waals surface area contributed by atoms with Crippen LogP contribution in [0.2, 0.25) is 0 Å². The van der Waals surface area contributed by atoms with Crippen molar-refractivity contribution >= 4 is 39.0 Å². The molecule has 1 aromatic rings. The highest BCUT2D eigenvalue weighted by Gasteiger charge is 2.43.